The van der Waals surface area contributed by atoms with Crippen molar-refractivity contribution in [2.24, 2.45) is 0 Å². The van der Waals surface area contributed by atoms with Gasteiger partial charge in [0.1, 0.15) is 0 Å². The van der Waals surface area contributed by atoms with Crippen molar-refractivity contribution in [1.29, 1.82) is 0 Å². The fourth-order valence-corrected chi connectivity index (χ4v) is 2.11. The van der Waals surface area contributed by atoms with Gasteiger partial charge in [-0.1, -0.05) is 55.5 Å². The van der Waals surface area contributed by atoms with Gasteiger partial charge in [0, 0.05) is 11.9 Å². The van der Waals surface area contributed by atoms with Gasteiger partial charge >= 0.3 is 7.12 Å². The second-order valence-corrected chi connectivity index (χ2v) is 4.25. The van der Waals surface area contributed by atoms with E-state index < -0.39 is 7.12 Å². The smallest absolute Gasteiger partial charge is 0.422 e. The standard InChI is InChI=1S/C14H14BClO2/c1-2-11-10-13(12-6-4-3-5-7-12)8-9-14(11)15(17)18-16/h3-10,17H,2H2,1H3. The van der Waals surface area contributed by atoms with Crippen LogP contribution < -0.4 is 5.46 Å². The lowest BCUT2D eigenvalue weighted by molar-refractivity contribution is 0.457. The van der Waals surface area contributed by atoms with Gasteiger partial charge in [-0.25, -0.2) is 0 Å². The van der Waals surface area contributed by atoms with Crippen LogP contribution in [-0.4, -0.2) is 12.1 Å². The summed E-state index contributed by atoms with van der Waals surface area (Å²) in [5.74, 6) is 0. The Morgan fingerprint density at radius 3 is 2.44 bits per heavy atom. The van der Waals surface area contributed by atoms with Crippen molar-refractivity contribution >= 4 is 24.4 Å². The van der Waals surface area contributed by atoms with Gasteiger partial charge in [0.2, 0.25) is 0 Å². The molecule has 0 amide bonds. The first-order chi connectivity index (χ1) is 8.76. The van der Waals surface area contributed by atoms with Crippen LogP contribution in [0.15, 0.2) is 48.5 Å². The molecule has 2 rings (SSSR count). The highest BCUT2D eigenvalue weighted by Gasteiger charge is 2.19. The molecule has 0 atom stereocenters. The molecule has 0 saturated heterocycles. The molecule has 2 aromatic carbocycles. The van der Waals surface area contributed by atoms with Crippen molar-refractivity contribution < 1.29 is 9.23 Å². The van der Waals surface area contributed by atoms with Crippen LogP contribution in [0.1, 0.15) is 12.5 Å². The normalized spacial score (nSPS) is 10.4. The van der Waals surface area contributed by atoms with Crippen LogP contribution in [0.25, 0.3) is 11.1 Å². The Bertz CT molecular complexity index is 516. The fraction of sp³-hybridized carbons (Fsp3) is 0.143. The Labute approximate surface area is 112 Å². The SMILES string of the molecule is CCc1cc(-c2ccccc2)ccc1B(O)OCl. The summed E-state index contributed by atoms with van der Waals surface area (Å²) in [6.07, 6.45) is 0.813. The van der Waals surface area contributed by atoms with Gasteiger partial charge in [-0.2, -0.15) is 0 Å². The molecule has 0 spiro atoms. The summed E-state index contributed by atoms with van der Waals surface area (Å²) in [5, 5.41) is 9.65. The van der Waals surface area contributed by atoms with E-state index in [1.807, 2.05) is 37.3 Å². The Morgan fingerprint density at radius 1 is 1.11 bits per heavy atom. The molecular weight excluding hydrogens is 246 g/mol. The summed E-state index contributed by atoms with van der Waals surface area (Å²) in [7, 11) is -1.08. The maximum atomic E-state index is 9.65. The second kappa shape index (κ2) is 6.05. The lowest BCUT2D eigenvalue weighted by atomic mass is 9.75. The van der Waals surface area contributed by atoms with E-state index in [1.54, 1.807) is 0 Å². The molecule has 0 fully saturated rings. The molecule has 1 N–H and O–H groups in total. The van der Waals surface area contributed by atoms with Gasteiger partial charge in [-0.15, -0.1) is 0 Å². The largest absolute Gasteiger partial charge is 0.508 e. The molecule has 0 aromatic heterocycles. The van der Waals surface area contributed by atoms with Gasteiger partial charge in [0.15, 0.2) is 0 Å². The highest BCUT2D eigenvalue weighted by atomic mass is 35.5. The van der Waals surface area contributed by atoms with Gasteiger partial charge in [-0.05, 0) is 28.6 Å². The van der Waals surface area contributed by atoms with Crippen molar-refractivity contribution in [2.45, 2.75) is 13.3 Å². The third-order valence-electron chi connectivity index (χ3n) is 2.98. The summed E-state index contributed by atoms with van der Waals surface area (Å²) >= 11 is 5.22. The number of benzene rings is 2. The maximum Gasteiger partial charge on any atom is 0.508 e. The molecule has 0 radical (unpaired) electrons. The van der Waals surface area contributed by atoms with Crippen molar-refractivity contribution in [2.75, 3.05) is 0 Å². The predicted molar refractivity (Wildman–Crippen MR) is 75.8 cm³/mol. The van der Waals surface area contributed by atoms with Gasteiger partial charge in [0.05, 0.1) is 0 Å². The average molecular weight is 261 g/mol. The first-order valence-electron chi connectivity index (χ1n) is 5.90. The predicted octanol–water partition coefficient (Wildman–Crippen LogP) is 2.77. The van der Waals surface area contributed by atoms with Crippen LogP contribution in [-0.2, 0) is 10.6 Å². The van der Waals surface area contributed by atoms with E-state index >= 15 is 0 Å². The summed E-state index contributed by atoms with van der Waals surface area (Å²) in [6, 6.07) is 16.0. The van der Waals surface area contributed by atoms with Gasteiger partial charge in [-0.3, -0.25) is 0 Å². The molecule has 2 nitrogen and oxygen atoms in total. The molecule has 0 heterocycles. The summed E-state index contributed by atoms with van der Waals surface area (Å²) in [5.41, 5.74) is 4.02. The lowest BCUT2D eigenvalue weighted by Gasteiger charge is -2.11. The number of halogens is 1. The molecule has 4 heteroatoms. The van der Waals surface area contributed by atoms with Crippen LogP contribution in [0.3, 0.4) is 0 Å². The van der Waals surface area contributed by atoms with E-state index in [-0.39, 0.29) is 0 Å². The molecule has 0 bridgehead atoms. The Kier molecular flexibility index (Phi) is 4.42. The molecule has 0 aliphatic carbocycles. The molecule has 92 valence electrons. The Hall–Kier alpha value is -1.29. The molecule has 18 heavy (non-hydrogen) atoms. The minimum absolute atomic E-state index is 0.715. The van der Waals surface area contributed by atoms with Gasteiger partial charge in [0.25, 0.3) is 0 Å². The first-order valence-corrected chi connectivity index (χ1v) is 6.20. The number of rotatable bonds is 4. The monoisotopic (exact) mass is 260 g/mol. The zero-order chi connectivity index (χ0) is 13.0. The molecule has 0 unspecified atom stereocenters. The van der Waals surface area contributed by atoms with Crippen LogP contribution in [0.2, 0.25) is 0 Å². The van der Waals surface area contributed by atoms with E-state index in [4.69, 9.17) is 11.9 Å². The van der Waals surface area contributed by atoms with Crippen molar-refractivity contribution in [3.05, 3.63) is 54.1 Å². The van der Waals surface area contributed by atoms with Crippen LogP contribution in [0, 0.1) is 0 Å². The van der Waals surface area contributed by atoms with E-state index in [1.165, 1.54) is 0 Å². The highest BCUT2D eigenvalue weighted by Crippen LogP contribution is 2.19. The van der Waals surface area contributed by atoms with Crippen LogP contribution >= 0.6 is 11.9 Å². The fourth-order valence-electron chi connectivity index (χ4n) is 2.01. The van der Waals surface area contributed by atoms with E-state index in [0.29, 0.717) is 5.46 Å². The lowest BCUT2D eigenvalue weighted by Crippen LogP contribution is -2.33. The van der Waals surface area contributed by atoms with E-state index in [2.05, 4.69) is 22.4 Å². The molecular formula is C14H14BClO2. The van der Waals surface area contributed by atoms with Crippen LogP contribution in [0.5, 0.6) is 0 Å². The summed E-state index contributed by atoms with van der Waals surface area (Å²) in [4.78, 5) is 0. The molecule has 2 aromatic rings. The molecule has 0 saturated carbocycles. The van der Waals surface area contributed by atoms with E-state index in [9.17, 15) is 5.02 Å². The van der Waals surface area contributed by atoms with Crippen molar-refractivity contribution in [3.63, 3.8) is 0 Å². The van der Waals surface area contributed by atoms with Crippen LogP contribution in [0.4, 0.5) is 0 Å². The summed E-state index contributed by atoms with van der Waals surface area (Å²) in [6.45, 7) is 2.04. The average Bonchev–Trinajstić information content (AvgIpc) is 2.46. The first kappa shape index (κ1) is 13.2. The highest BCUT2D eigenvalue weighted by molar-refractivity contribution is 6.64. The summed E-state index contributed by atoms with van der Waals surface area (Å²) < 4.78 is 4.45. The molecule has 0 aliphatic heterocycles. The van der Waals surface area contributed by atoms with Crippen molar-refractivity contribution in [3.8, 4) is 11.1 Å². The third kappa shape index (κ3) is 2.75. The quantitative estimate of drug-likeness (QED) is 0.857. The Morgan fingerprint density at radius 2 is 1.83 bits per heavy atom. The molecule has 0 aliphatic rings. The zero-order valence-corrected chi connectivity index (χ0v) is 10.9. The minimum Gasteiger partial charge on any atom is -0.422 e. The number of hydrogen-bond acceptors (Lipinski definition) is 2. The second-order valence-electron chi connectivity index (χ2n) is 4.07. The minimum atomic E-state index is -1.08. The maximum absolute atomic E-state index is 9.65. The number of aryl methyl sites for hydroxylation is 1. The zero-order valence-electron chi connectivity index (χ0n) is 10.1. The number of hydrogen-bond donors (Lipinski definition) is 1. The van der Waals surface area contributed by atoms with Crippen molar-refractivity contribution in [1.82, 2.24) is 0 Å². The van der Waals surface area contributed by atoms with E-state index in [0.717, 1.165) is 23.1 Å². The van der Waals surface area contributed by atoms with Gasteiger partial charge < -0.3 is 9.23 Å². The Balaban J connectivity index is 2.42. The topological polar surface area (TPSA) is 29.5 Å². The third-order valence-corrected chi connectivity index (χ3v) is 3.15.